The van der Waals surface area contributed by atoms with Gasteiger partial charge in [-0.15, -0.1) is 0 Å². The normalized spacial score (nSPS) is 23.9. The van der Waals surface area contributed by atoms with Crippen molar-refractivity contribution in [1.29, 1.82) is 0 Å². The van der Waals surface area contributed by atoms with Crippen molar-refractivity contribution in [2.45, 2.75) is 39.3 Å². The molecule has 2 nitrogen and oxygen atoms in total. The lowest BCUT2D eigenvalue weighted by molar-refractivity contribution is 0.304. The van der Waals surface area contributed by atoms with Crippen molar-refractivity contribution < 1.29 is 4.74 Å². The highest BCUT2D eigenvalue weighted by Crippen LogP contribution is 2.34. The zero-order valence-corrected chi connectivity index (χ0v) is 13.2. The minimum atomic E-state index is 0.370. The van der Waals surface area contributed by atoms with Crippen LogP contribution in [0.15, 0.2) is 24.3 Å². The van der Waals surface area contributed by atoms with Crippen molar-refractivity contribution in [2.24, 2.45) is 5.41 Å². The van der Waals surface area contributed by atoms with Crippen LogP contribution >= 0.6 is 11.8 Å². The molecule has 0 amide bonds. The maximum atomic E-state index is 5.30. The zero-order valence-electron chi connectivity index (χ0n) is 12.4. The van der Waals surface area contributed by atoms with Gasteiger partial charge in [0.25, 0.3) is 0 Å². The molecule has 2 rings (SSSR count). The molecule has 2 atom stereocenters. The minimum Gasteiger partial charge on any atom is -0.497 e. The summed E-state index contributed by atoms with van der Waals surface area (Å²) in [5.74, 6) is 3.43. The minimum absolute atomic E-state index is 0.370. The summed E-state index contributed by atoms with van der Waals surface area (Å²) in [6, 6.07) is 9.33. The van der Waals surface area contributed by atoms with E-state index in [0.29, 0.717) is 17.5 Å². The maximum absolute atomic E-state index is 5.30. The predicted molar refractivity (Wildman–Crippen MR) is 84.1 cm³/mol. The van der Waals surface area contributed by atoms with Crippen LogP contribution in [0.3, 0.4) is 0 Å². The summed E-state index contributed by atoms with van der Waals surface area (Å²) >= 11 is 2.07. The average Bonchev–Trinajstić information content (AvgIpc) is 2.37. The van der Waals surface area contributed by atoms with E-state index >= 15 is 0 Å². The first-order valence-corrected chi connectivity index (χ1v) is 8.13. The summed E-state index contributed by atoms with van der Waals surface area (Å²) in [7, 11) is 1.72. The van der Waals surface area contributed by atoms with Gasteiger partial charge in [-0.1, -0.05) is 26.0 Å². The van der Waals surface area contributed by atoms with Gasteiger partial charge in [0.15, 0.2) is 0 Å². The lowest BCUT2D eigenvalue weighted by Gasteiger charge is -2.36. The molecule has 1 aromatic rings. The van der Waals surface area contributed by atoms with Crippen LogP contribution in [0, 0.1) is 5.41 Å². The first kappa shape index (κ1) is 14.7. The van der Waals surface area contributed by atoms with E-state index in [1.807, 2.05) is 6.07 Å². The smallest absolute Gasteiger partial charge is 0.119 e. The van der Waals surface area contributed by atoms with E-state index in [1.165, 1.54) is 23.5 Å². The Labute approximate surface area is 121 Å². The molecular weight excluding hydrogens is 254 g/mol. The third-order valence-electron chi connectivity index (χ3n) is 3.69. The summed E-state index contributed by atoms with van der Waals surface area (Å²) in [4.78, 5) is 0. The molecular formula is C16H25NOS. The number of ether oxygens (including phenoxy) is 1. The average molecular weight is 279 g/mol. The molecule has 1 heterocycles. The molecule has 3 heteroatoms. The largest absolute Gasteiger partial charge is 0.497 e. The number of hydrogen-bond acceptors (Lipinski definition) is 3. The van der Waals surface area contributed by atoms with Crippen LogP contribution < -0.4 is 10.1 Å². The van der Waals surface area contributed by atoms with Gasteiger partial charge in [-0.2, -0.15) is 11.8 Å². The van der Waals surface area contributed by atoms with Gasteiger partial charge in [0.1, 0.15) is 5.75 Å². The molecule has 0 radical (unpaired) electrons. The summed E-state index contributed by atoms with van der Waals surface area (Å²) < 4.78 is 5.30. The molecule has 1 saturated heterocycles. The van der Waals surface area contributed by atoms with E-state index in [0.717, 1.165) is 5.75 Å². The van der Waals surface area contributed by atoms with Crippen LogP contribution in [0.2, 0.25) is 0 Å². The van der Waals surface area contributed by atoms with Gasteiger partial charge in [0.2, 0.25) is 0 Å². The second-order valence-electron chi connectivity index (χ2n) is 6.25. The van der Waals surface area contributed by atoms with E-state index in [4.69, 9.17) is 4.74 Å². The highest BCUT2D eigenvalue weighted by atomic mass is 32.2. The Morgan fingerprint density at radius 2 is 2.21 bits per heavy atom. The summed E-state index contributed by atoms with van der Waals surface area (Å²) in [5, 5.41) is 3.77. The van der Waals surface area contributed by atoms with Crippen molar-refractivity contribution in [3.8, 4) is 5.75 Å². The molecule has 19 heavy (non-hydrogen) atoms. The van der Waals surface area contributed by atoms with Crippen LogP contribution in [-0.4, -0.2) is 24.7 Å². The van der Waals surface area contributed by atoms with Gasteiger partial charge in [-0.3, -0.25) is 0 Å². The predicted octanol–water partition coefficient (Wildman–Crippen LogP) is 3.88. The molecule has 1 unspecified atom stereocenters. The van der Waals surface area contributed by atoms with Gasteiger partial charge >= 0.3 is 0 Å². The molecule has 1 aliphatic rings. The van der Waals surface area contributed by atoms with Crippen molar-refractivity contribution in [3.63, 3.8) is 0 Å². The number of rotatable bonds is 4. The van der Waals surface area contributed by atoms with Gasteiger partial charge in [-0.05, 0) is 42.2 Å². The molecule has 1 aliphatic heterocycles. The molecule has 0 bridgehead atoms. The van der Waals surface area contributed by atoms with Crippen LogP contribution in [0.4, 0.5) is 0 Å². The fourth-order valence-electron chi connectivity index (χ4n) is 2.73. The number of benzene rings is 1. The Kier molecular flexibility index (Phi) is 4.80. The van der Waals surface area contributed by atoms with Crippen molar-refractivity contribution in [2.75, 3.05) is 18.6 Å². The molecule has 1 aromatic carbocycles. The van der Waals surface area contributed by atoms with E-state index in [9.17, 15) is 0 Å². The zero-order chi connectivity index (χ0) is 13.9. The first-order valence-electron chi connectivity index (χ1n) is 6.98. The summed E-state index contributed by atoms with van der Waals surface area (Å²) in [6.45, 7) is 6.97. The van der Waals surface area contributed by atoms with Crippen molar-refractivity contribution in [3.05, 3.63) is 29.8 Å². The SMILES string of the molecule is COc1cccc([C@@H](C)NC2CSCC(C)(C)C2)c1. The standard InChI is InChI=1S/C16H25NOS/c1-12(13-6-5-7-15(8-13)18-4)17-14-9-16(2,3)11-19-10-14/h5-8,12,14,17H,9-11H2,1-4H3/t12-,14?/m1/s1. The van der Waals surface area contributed by atoms with E-state index in [2.05, 4.69) is 56.0 Å². The Bertz CT molecular complexity index is 419. The van der Waals surface area contributed by atoms with Gasteiger partial charge in [0.05, 0.1) is 7.11 Å². The molecule has 0 spiro atoms. The highest BCUT2D eigenvalue weighted by Gasteiger charge is 2.29. The van der Waals surface area contributed by atoms with Crippen LogP contribution in [0.5, 0.6) is 5.75 Å². The lowest BCUT2D eigenvalue weighted by Crippen LogP contribution is -2.41. The summed E-state index contributed by atoms with van der Waals surface area (Å²) in [5.41, 5.74) is 1.75. The van der Waals surface area contributed by atoms with Gasteiger partial charge < -0.3 is 10.1 Å². The number of hydrogen-bond donors (Lipinski definition) is 1. The first-order chi connectivity index (χ1) is 9.00. The van der Waals surface area contributed by atoms with E-state index in [1.54, 1.807) is 7.11 Å². The molecule has 0 aliphatic carbocycles. The second-order valence-corrected chi connectivity index (χ2v) is 7.28. The molecule has 1 fully saturated rings. The fraction of sp³-hybridized carbons (Fsp3) is 0.625. The van der Waals surface area contributed by atoms with Crippen LogP contribution in [-0.2, 0) is 0 Å². The quantitative estimate of drug-likeness (QED) is 0.904. The van der Waals surface area contributed by atoms with E-state index < -0.39 is 0 Å². The Morgan fingerprint density at radius 3 is 2.89 bits per heavy atom. The van der Waals surface area contributed by atoms with Crippen molar-refractivity contribution in [1.82, 2.24) is 5.32 Å². The third kappa shape index (κ3) is 4.15. The number of thioether (sulfide) groups is 1. The maximum Gasteiger partial charge on any atom is 0.119 e. The van der Waals surface area contributed by atoms with Crippen LogP contribution in [0.25, 0.3) is 0 Å². The molecule has 0 saturated carbocycles. The fourth-order valence-corrected chi connectivity index (χ4v) is 4.02. The van der Waals surface area contributed by atoms with Crippen LogP contribution in [0.1, 0.15) is 38.8 Å². The monoisotopic (exact) mass is 279 g/mol. The molecule has 106 valence electrons. The molecule has 0 aromatic heterocycles. The topological polar surface area (TPSA) is 21.3 Å². The Morgan fingerprint density at radius 1 is 1.42 bits per heavy atom. The number of nitrogens with one attached hydrogen (secondary N) is 1. The Hall–Kier alpha value is -0.670. The third-order valence-corrected chi connectivity index (χ3v) is 5.31. The number of methoxy groups -OCH3 is 1. The highest BCUT2D eigenvalue weighted by molar-refractivity contribution is 7.99. The van der Waals surface area contributed by atoms with E-state index in [-0.39, 0.29) is 0 Å². The molecule has 1 N–H and O–H groups in total. The Balaban J connectivity index is 1.98. The van der Waals surface area contributed by atoms with Gasteiger partial charge in [0, 0.05) is 17.8 Å². The summed E-state index contributed by atoms with van der Waals surface area (Å²) in [6.07, 6.45) is 1.26. The van der Waals surface area contributed by atoms with Crippen molar-refractivity contribution >= 4 is 11.8 Å². The lowest BCUT2D eigenvalue weighted by atomic mass is 9.87. The van der Waals surface area contributed by atoms with Gasteiger partial charge in [-0.25, -0.2) is 0 Å². The second kappa shape index (κ2) is 6.19.